The highest BCUT2D eigenvalue weighted by Gasteiger charge is 2.06. The van der Waals surface area contributed by atoms with Gasteiger partial charge in [0, 0.05) is 16.0 Å². The minimum absolute atomic E-state index is 1.15. The van der Waals surface area contributed by atoms with Gasteiger partial charge in [-0.15, -0.1) is 22.7 Å². The van der Waals surface area contributed by atoms with Crippen molar-refractivity contribution < 1.29 is 0 Å². The first-order valence-electron chi connectivity index (χ1n) is 7.16. The van der Waals surface area contributed by atoms with Crippen LogP contribution >= 0.6 is 22.7 Å². The number of thiazole rings is 1. The highest BCUT2D eigenvalue weighted by atomic mass is 32.1. The first-order valence-corrected chi connectivity index (χ1v) is 8.80. The zero-order valence-corrected chi connectivity index (χ0v) is 15.6. The van der Waals surface area contributed by atoms with Crippen LogP contribution in [0.25, 0.3) is 9.88 Å². The Morgan fingerprint density at radius 1 is 0.842 bits per heavy atom. The molecule has 0 saturated heterocycles. The molecule has 110 valence electrons. The number of nitrogens with zero attached hydrogens (tertiary/aromatic N) is 1. The molecule has 0 atom stereocenters. The Morgan fingerprint density at radius 2 is 1.37 bits per heavy atom. The van der Waals surface area contributed by atoms with Crippen molar-refractivity contribution >= 4 is 22.7 Å². The van der Waals surface area contributed by atoms with E-state index in [1.807, 2.05) is 59.1 Å². The van der Waals surface area contributed by atoms with Gasteiger partial charge in [-0.25, -0.2) is 4.98 Å². The summed E-state index contributed by atoms with van der Waals surface area (Å²) in [5.74, 6) is 0. The quantitative estimate of drug-likeness (QED) is 0.559. The van der Waals surface area contributed by atoms with Crippen molar-refractivity contribution in [2.75, 3.05) is 0 Å². The van der Waals surface area contributed by atoms with Gasteiger partial charge in [-0.3, -0.25) is 0 Å². The van der Waals surface area contributed by atoms with Crippen LogP contribution in [0.4, 0.5) is 0 Å². The van der Waals surface area contributed by atoms with Crippen LogP contribution in [0.2, 0.25) is 0 Å². The molecule has 0 saturated carbocycles. The molecule has 0 aliphatic rings. The van der Waals surface area contributed by atoms with Crippen LogP contribution in [0.5, 0.6) is 0 Å². The molecule has 3 heteroatoms. The largest absolute Gasteiger partial charge is 0.243 e. The highest BCUT2D eigenvalue weighted by Crippen LogP contribution is 2.32. The molecule has 0 aromatic carbocycles. The smallest absolute Gasteiger partial charge is 0.133 e. The Kier molecular flexibility index (Phi) is 13.4. The van der Waals surface area contributed by atoms with E-state index >= 15 is 0 Å². The summed E-state index contributed by atoms with van der Waals surface area (Å²) in [5, 5.41) is 1.15. The van der Waals surface area contributed by atoms with Gasteiger partial charge in [0.2, 0.25) is 0 Å². The summed E-state index contributed by atoms with van der Waals surface area (Å²) >= 11 is 3.59. The predicted octanol–water partition coefficient (Wildman–Crippen LogP) is 6.88. The maximum atomic E-state index is 4.37. The molecule has 0 N–H and O–H groups in total. The summed E-state index contributed by atoms with van der Waals surface area (Å²) in [5.41, 5.74) is 1.37. The number of aromatic nitrogens is 1. The Labute approximate surface area is 127 Å². The van der Waals surface area contributed by atoms with E-state index in [1.54, 1.807) is 11.3 Å². The van der Waals surface area contributed by atoms with E-state index < -0.39 is 0 Å². The topological polar surface area (TPSA) is 12.9 Å². The molecule has 0 fully saturated rings. The second-order valence-electron chi connectivity index (χ2n) is 3.13. The Bertz CT molecular complexity index is 408. The molecule has 0 spiro atoms. The van der Waals surface area contributed by atoms with Crippen LogP contribution in [0.3, 0.4) is 0 Å². The van der Waals surface area contributed by atoms with Gasteiger partial charge >= 0.3 is 0 Å². The third-order valence-corrected chi connectivity index (χ3v) is 4.23. The fraction of sp³-hybridized carbons (Fsp3) is 0.562. The van der Waals surface area contributed by atoms with E-state index in [0.29, 0.717) is 0 Å². The van der Waals surface area contributed by atoms with E-state index in [2.05, 4.69) is 31.8 Å². The monoisotopic (exact) mass is 299 g/mol. The summed E-state index contributed by atoms with van der Waals surface area (Å²) in [6.07, 6.45) is 1.93. The Hall–Kier alpha value is -0.670. The molecule has 0 bridgehead atoms. The summed E-state index contributed by atoms with van der Waals surface area (Å²) in [6, 6.07) is 2.22. The highest BCUT2D eigenvalue weighted by molar-refractivity contribution is 7.21. The maximum Gasteiger partial charge on any atom is 0.133 e. The predicted molar refractivity (Wildman–Crippen MR) is 93.7 cm³/mol. The first kappa shape index (κ1) is 20.6. The molecule has 1 nitrogen and oxygen atoms in total. The van der Waals surface area contributed by atoms with Gasteiger partial charge in [0.25, 0.3) is 0 Å². The molecule has 2 heterocycles. The molecule has 0 amide bonds. The van der Waals surface area contributed by atoms with Gasteiger partial charge in [0.1, 0.15) is 5.01 Å². The number of hydrogen-bond donors (Lipinski definition) is 0. The average molecular weight is 300 g/mol. The molecule has 0 aliphatic carbocycles. The lowest BCUT2D eigenvalue weighted by molar-refractivity contribution is 1.39. The van der Waals surface area contributed by atoms with Crippen LogP contribution < -0.4 is 0 Å². The van der Waals surface area contributed by atoms with Gasteiger partial charge in [0.15, 0.2) is 0 Å². The van der Waals surface area contributed by atoms with Crippen molar-refractivity contribution in [3.05, 3.63) is 27.6 Å². The van der Waals surface area contributed by atoms with E-state index in [0.717, 1.165) is 5.01 Å². The van der Waals surface area contributed by atoms with Gasteiger partial charge in [0.05, 0.1) is 4.88 Å². The normalized spacial score (nSPS) is 8.26. The summed E-state index contributed by atoms with van der Waals surface area (Å²) in [7, 11) is 0. The number of aryl methyl sites for hydroxylation is 3. The second kappa shape index (κ2) is 12.4. The molecular formula is C16H29NS2. The number of rotatable bonds is 1. The molecule has 2 aromatic rings. The third kappa shape index (κ3) is 6.88. The minimum atomic E-state index is 1.15. The van der Waals surface area contributed by atoms with Crippen molar-refractivity contribution in [3.8, 4) is 9.88 Å². The third-order valence-electron chi connectivity index (χ3n) is 2.00. The maximum absolute atomic E-state index is 4.37. The molecule has 0 radical (unpaired) electrons. The van der Waals surface area contributed by atoms with Gasteiger partial charge in [-0.1, -0.05) is 41.5 Å². The van der Waals surface area contributed by atoms with Crippen LogP contribution in [0.15, 0.2) is 12.3 Å². The lowest BCUT2D eigenvalue weighted by Gasteiger charge is -1.85. The molecule has 0 aliphatic heterocycles. The molecular weight excluding hydrogens is 270 g/mol. The van der Waals surface area contributed by atoms with Crippen LogP contribution in [0, 0.1) is 20.8 Å². The molecule has 19 heavy (non-hydrogen) atoms. The Balaban J connectivity index is 0. The molecule has 0 unspecified atom stereocenters. The zero-order chi connectivity index (χ0) is 15.4. The van der Waals surface area contributed by atoms with E-state index in [1.165, 1.54) is 20.2 Å². The van der Waals surface area contributed by atoms with Crippen molar-refractivity contribution in [3.63, 3.8) is 0 Å². The molecule has 2 rings (SSSR count). The van der Waals surface area contributed by atoms with E-state index in [-0.39, 0.29) is 0 Å². The SMILES string of the molecule is CC.CC.CC.Cc1cnc(-c2cc(C)c(C)s2)s1. The Morgan fingerprint density at radius 3 is 1.68 bits per heavy atom. The van der Waals surface area contributed by atoms with Crippen LogP contribution in [-0.4, -0.2) is 4.98 Å². The van der Waals surface area contributed by atoms with Crippen molar-refractivity contribution in [1.82, 2.24) is 4.98 Å². The van der Waals surface area contributed by atoms with Crippen molar-refractivity contribution in [2.45, 2.75) is 62.3 Å². The average Bonchev–Trinajstić information content (AvgIpc) is 3.04. The fourth-order valence-corrected chi connectivity index (χ4v) is 3.00. The van der Waals surface area contributed by atoms with Gasteiger partial charge < -0.3 is 0 Å². The second-order valence-corrected chi connectivity index (χ2v) is 5.62. The van der Waals surface area contributed by atoms with E-state index in [4.69, 9.17) is 0 Å². The molecule has 2 aromatic heterocycles. The van der Waals surface area contributed by atoms with Crippen LogP contribution in [0.1, 0.15) is 56.9 Å². The number of thiophene rings is 1. The van der Waals surface area contributed by atoms with Gasteiger partial charge in [-0.2, -0.15) is 0 Å². The first-order chi connectivity index (χ1) is 9.16. The van der Waals surface area contributed by atoms with Crippen molar-refractivity contribution in [2.24, 2.45) is 0 Å². The summed E-state index contributed by atoms with van der Waals surface area (Å²) in [4.78, 5) is 8.34. The minimum Gasteiger partial charge on any atom is -0.243 e. The van der Waals surface area contributed by atoms with Gasteiger partial charge in [-0.05, 0) is 32.4 Å². The summed E-state index contributed by atoms with van der Waals surface area (Å²) < 4.78 is 0. The van der Waals surface area contributed by atoms with Crippen molar-refractivity contribution in [1.29, 1.82) is 0 Å². The fourth-order valence-electron chi connectivity index (χ4n) is 1.15. The lowest BCUT2D eigenvalue weighted by Crippen LogP contribution is -1.65. The van der Waals surface area contributed by atoms with E-state index in [9.17, 15) is 0 Å². The number of hydrogen-bond acceptors (Lipinski definition) is 3. The lowest BCUT2D eigenvalue weighted by atomic mass is 10.3. The summed E-state index contributed by atoms with van der Waals surface area (Å²) in [6.45, 7) is 18.4. The zero-order valence-electron chi connectivity index (χ0n) is 13.9. The van der Waals surface area contributed by atoms with Crippen LogP contribution in [-0.2, 0) is 0 Å². The standard InChI is InChI=1S/C10H11NS2.3C2H6/c1-6-4-9(13-8(6)3)10-11-5-7(2)12-10;3*1-2/h4-5H,1-3H3;3*1-2H3.